The van der Waals surface area contributed by atoms with Crippen LogP contribution in [0.25, 0.3) is 10.8 Å². The molecule has 5 nitrogen and oxygen atoms in total. The second-order valence-corrected chi connectivity index (χ2v) is 6.86. The molecule has 4 rings (SSSR count). The Bertz CT molecular complexity index is 1070. The van der Waals surface area contributed by atoms with E-state index in [1.165, 1.54) is 0 Å². The monoisotopic (exact) mass is 374 g/mol. The predicted molar refractivity (Wildman–Crippen MR) is 111 cm³/mol. The van der Waals surface area contributed by atoms with Crippen molar-refractivity contribution in [1.29, 1.82) is 0 Å². The van der Waals surface area contributed by atoms with Gasteiger partial charge in [0, 0.05) is 34.1 Å². The van der Waals surface area contributed by atoms with Crippen LogP contribution >= 0.6 is 0 Å². The first-order valence-corrected chi connectivity index (χ1v) is 9.47. The Labute approximate surface area is 163 Å². The highest BCUT2D eigenvalue weighted by molar-refractivity contribution is 6.27. The number of hydrogen-bond donors (Lipinski definition) is 1. The van der Waals surface area contributed by atoms with Crippen molar-refractivity contribution in [3.8, 4) is 5.75 Å². The first kappa shape index (κ1) is 18.0. The van der Waals surface area contributed by atoms with Crippen LogP contribution in [0.15, 0.2) is 54.6 Å². The molecule has 0 fully saturated rings. The lowest BCUT2D eigenvalue weighted by Gasteiger charge is -2.17. The summed E-state index contributed by atoms with van der Waals surface area (Å²) in [5, 5.41) is 4.77. The van der Waals surface area contributed by atoms with Gasteiger partial charge in [0.15, 0.2) is 0 Å². The largest absolute Gasteiger partial charge is 0.497 e. The van der Waals surface area contributed by atoms with Gasteiger partial charge in [0.25, 0.3) is 11.8 Å². The van der Waals surface area contributed by atoms with Crippen LogP contribution in [0.3, 0.4) is 0 Å². The average Bonchev–Trinajstić information content (AvgIpc) is 3.01. The topological polar surface area (TPSA) is 58.6 Å². The second-order valence-electron chi connectivity index (χ2n) is 6.86. The number of rotatable bonds is 6. The first-order chi connectivity index (χ1) is 13.6. The van der Waals surface area contributed by atoms with E-state index in [1.807, 2.05) is 35.2 Å². The molecule has 0 bridgehead atoms. The molecule has 1 heterocycles. The summed E-state index contributed by atoms with van der Waals surface area (Å²) in [6.45, 7) is 2.81. The summed E-state index contributed by atoms with van der Waals surface area (Å²) in [6.07, 6.45) is 1.98. The molecule has 0 aromatic heterocycles. The highest BCUT2D eigenvalue weighted by Crippen LogP contribution is 2.40. The van der Waals surface area contributed by atoms with Gasteiger partial charge in [-0.15, -0.1) is 0 Å². The molecule has 0 spiro atoms. The van der Waals surface area contributed by atoms with Crippen molar-refractivity contribution in [1.82, 2.24) is 0 Å². The van der Waals surface area contributed by atoms with E-state index in [9.17, 15) is 9.59 Å². The smallest absolute Gasteiger partial charge is 0.258 e. The van der Waals surface area contributed by atoms with E-state index in [-0.39, 0.29) is 11.8 Å². The lowest BCUT2D eigenvalue weighted by Crippen LogP contribution is -2.27. The minimum absolute atomic E-state index is 0.0327. The van der Waals surface area contributed by atoms with Gasteiger partial charge in [-0.25, -0.2) is 0 Å². The van der Waals surface area contributed by atoms with Crippen LogP contribution in [0.2, 0.25) is 0 Å². The van der Waals surface area contributed by atoms with Gasteiger partial charge in [-0.3, -0.25) is 9.59 Å². The van der Waals surface area contributed by atoms with Crippen molar-refractivity contribution in [3.05, 3.63) is 65.7 Å². The Morgan fingerprint density at radius 3 is 2.71 bits per heavy atom. The van der Waals surface area contributed by atoms with Gasteiger partial charge < -0.3 is 15.0 Å². The molecule has 0 saturated carbocycles. The molecule has 3 aromatic carbocycles. The molecular formula is C23H22N2O3. The summed E-state index contributed by atoms with van der Waals surface area (Å²) in [5.74, 6) is 0.447. The van der Waals surface area contributed by atoms with Crippen molar-refractivity contribution < 1.29 is 14.3 Å². The second kappa shape index (κ2) is 7.35. The zero-order valence-electron chi connectivity index (χ0n) is 16.0. The highest BCUT2D eigenvalue weighted by Gasteiger charge is 2.30. The summed E-state index contributed by atoms with van der Waals surface area (Å²) >= 11 is 0. The number of carbonyl (C=O) groups is 2. The summed E-state index contributed by atoms with van der Waals surface area (Å²) in [5.41, 5.74) is 2.83. The van der Waals surface area contributed by atoms with Crippen LogP contribution in [0, 0.1) is 0 Å². The van der Waals surface area contributed by atoms with Crippen LogP contribution in [0.5, 0.6) is 5.75 Å². The molecule has 28 heavy (non-hydrogen) atoms. The summed E-state index contributed by atoms with van der Waals surface area (Å²) in [6, 6.07) is 16.5. The van der Waals surface area contributed by atoms with E-state index in [1.54, 1.807) is 31.4 Å². The van der Waals surface area contributed by atoms with Crippen molar-refractivity contribution in [3.63, 3.8) is 0 Å². The van der Waals surface area contributed by atoms with E-state index in [4.69, 9.17) is 4.74 Å². The number of carbonyl (C=O) groups excluding carboxylic acids is 2. The standard InChI is InChI=1S/C23H22N2O3/c1-3-4-13-25-20-12-11-19(17-9-6-10-18(21(17)20)23(25)27)24-22(26)15-7-5-8-16(14-15)28-2/h5-12,14H,3-4,13H2,1-2H3,(H,24,26). The Kier molecular flexibility index (Phi) is 4.74. The number of methoxy groups -OCH3 is 1. The maximum Gasteiger partial charge on any atom is 0.258 e. The summed E-state index contributed by atoms with van der Waals surface area (Å²) < 4.78 is 5.20. The molecule has 1 aliphatic heterocycles. The zero-order chi connectivity index (χ0) is 19.7. The van der Waals surface area contributed by atoms with E-state index in [0.717, 1.165) is 29.3 Å². The zero-order valence-corrected chi connectivity index (χ0v) is 16.0. The van der Waals surface area contributed by atoms with E-state index in [0.29, 0.717) is 29.1 Å². The molecule has 0 aliphatic carbocycles. The Balaban J connectivity index is 1.71. The molecule has 0 unspecified atom stereocenters. The number of anilines is 2. The van der Waals surface area contributed by atoms with Crippen molar-refractivity contribution in [2.24, 2.45) is 0 Å². The molecule has 0 atom stereocenters. The van der Waals surface area contributed by atoms with Gasteiger partial charge in [-0.05, 0) is 42.8 Å². The third kappa shape index (κ3) is 2.99. The van der Waals surface area contributed by atoms with Crippen molar-refractivity contribution >= 4 is 34.0 Å². The number of nitrogens with zero attached hydrogens (tertiary/aromatic N) is 1. The lowest BCUT2D eigenvalue weighted by atomic mass is 10.0. The van der Waals surface area contributed by atoms with E-state index < -0.39 is 0 Å². The Hall–Kier alpha value is -3.34. The number of unbranched alkanes of at least 4 members (excludes halogenated alkanes) is 1. The molecule has 1 aliphatic rings. The molecule has 142 valence electrons. The lowest BCUT2D eigenvalue weighted by molar-refractivity contribution is 0.0991. The molecule has 5 heteroatoms. The first-order valence-electron chi connectivity index (χ1n) is 9.47. The normalized spacial score (nSPS) is 12.5. The third-order valence-electron chi connectivity index (χ3n) is 5.10. The number of amides is 2. The van der Waals surface area contributed by atoms with Crippen LogP contribution in [-0.4, -0.2) is 25.5 Å². The fraction of sp³-hybridized carbons (Fsp3) is 0.217. The minimum atomic E-state index is -0.216. The molecule has 0 radical (unpaired) electrons. The van der Waals surface area contributed by atoms with Gasteiger partial charge in [0.1, 0.15) is 5.75 Å². The van der Waals surface area contributed by atoms with Crippen molar-refractivity contribution in [2.75, 3.05) is 23.9 Å². The Morgan fingerprint density at radius 2 is 1.93 bits per heavy atom. The molecule has 1 N–H and O–H groups in total. The SMILES string of the molecule is CCCCN1C(=O)c2cccc3c(NC(=O)c4cccc(OC)c4)ccc1c23. The highest BCUT2D eigenvalue weighted by atomic mass is 16.5. The fourth-order valence-electron chi connectivity index (χ4n) is 3.65. The quantitative estimate of drug-likeness (QED) is 0.670. The van der Waals surface area contributed by atoms with Crippen LogP contribution < -0.4 is 15.0 Å². The molecule has 2 amide bonds. The van der Waals surface area contributed by atoms with E-state index >= 15 is 0 Å². The van der Waals surface area contributed by atoms with Crippen LogP contribution in [0.1, 0.15) is 40.5 Å². The van der Waals surface area contributed by atoms with Gasteiger partial charge >= 0.3 is 0 Å². The van der Waals surface area contributed by atoms with Gasteiger partial charge in [0.05, 0.1) is 12.8 Å². The number of benzene rings is 3. The third-order valence-corrected chi connectivity index (χ3v) is 5.10. The number of hydrogen-bond acceptors (Lipinski definition) is 3. The fourth-order valence-corrected chi connectivity index (χ4v) is 3.65. The minimum Gasteiger partial charge on any atom is -0.497 e. The molecule has 3 aromatic rings. The van der Waals surface area contributed by atoms with E-state index in [2.05, 4.69) is 12.2 Å². The molecule has 0 saturated heterocycles. The van der Waals surface area contributed by atoms with Crippen molar-refractivity contribution in [2.45, 2.75) is 19.8 Å². The predicted octanol–water partition coefficient (Wildman–Crippen LogP) is 4.86. The summed E-state index contributed by atoms with van der Waals surface area (Å²) in [7, 11) is 1.57. The van der Waals surface area contributed by atoms with Gasteiger partial charge in [0.2, 0.25) is 0 Å². The molecular weight excluding hydrogens is 352 g/mol. The van der Waals surface area contributed by atoms with Crippen LogP contribution in [-0.2, 0) is 0 Å². The van der Waals surface area contributed by atoms with Gasteiger partial charge in [-0.1, -0.05) is 31.5 Å². The Morgan fingerprint density at radius 1 is 1.11 bits per heavy atom. The maximum absolute atomic E-state index is 12.8. The number of ether oxygens (including phenoxy) is 1. The maximum atomic E-state index is 12.8. The number of nitrogens with one attached hydrogen (secondary N) is 1. The summed E-state index contributed by atoms with van der Waals surface area (Å²) in [4.78, 5) is 27.4. The average molecular weight is 374 g/mol. The van der Waals surface area contributed by atoms with Gasteiger partial charge in [-0.2, -0.15) is 0 Å². The van der Waals surface area contributed by atoms with Crippen LogP contribution in [0.4, 0.5) is 11.4 Å².